The molecule has 0 aliphatic carbocycles. The second kappa shape index (κ2) is 6.04. The Labute approximate surface area is 117 Å². The molecule has 0 bridgehead atoms. The molecule has 1 fully saturated rings. The average Bonchev–Trinajstić information content (AvgIpc) is 2.32. The van der Waals surface area contributed by atoms with E-state index in [0.717, 1.165) is 41.7 Å². The van der Waals surface area contributed by atoms with Gasteiger partial charge < -0.3 is 15.4 Å². The van der Waals surface area contributed by atoms with E-state index in [-0.39, 0.29) is 6.04 Å². The molecule has 2 rings (SSSR count). The van der Waals surface area contributed by atoms with Crippen molar-refractivity contribution in [2.75, 3.05) is 20.1 Å². The number of piperidine rings is 1. The maximum Gasteiger partial charge on any atom is 0.120 e. The van der Waals surface area contributed by atoms with Crippen LogP contribution in [0.1, 0.15) is 31.4 Å². The zero-order valence-corrected chi connectivity index (χ0v) is 12.6. The number of likely N-dealkylation sites (tertiary alicyclic amines) is 1. The van der Waals surface area contributed by atoms with E-state index in [9.17, 15) is 0 Å². The second-order valence-corrected chi connectivity index (χ2v) is 5.95. The largest absolute Gasteiger partial charge is 0.490 e. The van der Waals surface area contributed by atoms with Gasteiger partial charge in [-0.15, -0.1) is 0 Å². The number of rotatable bonds is 3. The van der Waals surface area contributed by atoms with Crippen LogP contribution in [-0.2, 0) is 0 Å². The van der Waals surface area contributed by atoms with Crippen molar-refractivity contribution in [3.05, 3.63) is 28.2 Å². The SMILES string of the molecule is C[C@H](N)c1ccc(OC2CCN(C)CC2)cc1Br. The lowest BCUT2D eigenvalue weighted by Gasteiger charge is -2.29. The quantitative estimate of drug-likeness (QED) is 0.932. The Morgan fingerprint density at radius 3 is 2.61 bits per heavy atom. The van der Waals surface area contributed by atoms with Gasteiger partial charge in [-0.25, -0.2) is 0 Å². The number of hydrogen-bond donors (Lipinski definition) is 1. The van der Waals surface area contributed by atoms with Crippen molar-refractivity contribution in [1.29, 1.82) is 0 Å². The molecule has 18 heavy (non-hydrogen) atoms. The summed E-state index contributed by atoms with van der Waals surface area (Å²) >= 11 is 3.55. The topological polar surface area (TPSA) is 38.5 Å². The fourth-order valence-corrected chi connectivity index (χ4v) is 2.96. The summed E-state index contributed by atoms with van der Waals surface area (Å²) in [6.07, 6.45) is 2.54. The molecule has 4 heteroatoms. The lowest BCUT2D eigenvalue weighted by Crippen LogP contribution is -2.35. The molecule has 1 aliphatic heterocycles. The minimum Gasteiger partial charge on any atom is -0.490 e. The van der Waals surface area contributed by atoms with Gasteiger partial charge in [0.05, 0.1) is 0 Å². The molecule has 0 spiro atoms. The molecule has 100 valence electrons. The van der Waals surface area contributed by atoms with E-state index < -0.39 is 0 Å². The molecule has 0 amide bonds. The van der Waals surface area contributed by atoms with Gasteiger partial charge in [0.15, 0.2) is 0 Å². The Balaban J connectivity index is 2.00. The molecule has 1 aliphatic rings. The van der Waals surface area contributed by atoms with Crippen LogP contribution in [0.2, 0.25) is 0 Å². The first kappa shape index (κ1) is 13.8. The highest BCUT2D eigenvalue weighted by Crippen LogP contribution is 2.28. The fourth-order valence-electron chi connectivity index (χ4n) is 2.25. The molecule has 0 unspecified atom stereocenters. The molecule has 0 aromatic heterocycles. The summed E-state index contributed by atoms with van der Waals surface area (Å²) in [6.45, 7) is 4.21. The smallest absolute Gasteiger partial charge is 0.120 e. The normalized spacial score (nSPS) is 19.8. The summed E-state index contributed by atoms with van der Waals surface area (Å²) in [5.74, 6) is 0.931. The Morgan fingerprint density at radius 1 is 1.39 bits per heavy atom. The predicted octanol–water partition coefficient (Wildman–Crippen LogP) is 2.94. The van der Waals surface area contributed by atoms with Gasteiger partial charge in [-0.05, 0) is 44.5 Å². The molecular formula is C14H21BrN2O. The van der Waals surface area contributed by atoms with Crippen LogP contribution in [0.15, 0.2) is 22.7 Å². The van der Waals surface area contributed by atoms with Crippen LogP contribution in [0.3, 0.4) is 0 Å². The van der Waals surface area contributed by atoms with Crippen LogP contribution >= 0.6 is 15.9 Å². The highest BCUT2D eigenvalue weighted by Gasteiger charge is 2.18. The van der Waals surface area contributed by atoms with E-state index in [4.69, 9.17) is 10.5 Å². The third kappa shape index (κ3) is 3.46. The number of hydrogen-bond acceptors (Lipinski definition) is 3. The van der Waals surface area contributed by atoms with Gasteiger partial charge >= 0.3 is 0 Å². The number of halogens is 1. The summed E-state index contributed by atoms with van der Waals surface area (Å²) < 4.78 is 7.05. The Bertz CT molecular complexity index is 401. The van der Waals surface area contributed by atoms with Crippen LogP contribution in [0.5, 0.6) is 5.75 Å². The van der Waals surface area contributed by atoms with E-state index in [2.05, 4.69) is 27.9 Å². The monoisotopic (exact) mass is 312 g/mol. The lowest BCUT2D eigenvalue weighted by molar-refractivity contribution is 0.114. The third-order valence-corrected chi connectivity index (χ3v) is 4.12. The molecule has 0 saturated carbocycles. The molecular weight excluding hydrogens is 292 g/mol. The number of nitrogens with two attached hydrogens (primary N) is 1. The number of benzene rings is 1. The van der Waals surface area contributed by atoms with Crippen molar-refractivity contribution >= 4 is 15.9 Å². The van der Waals surface area contributed by atoms with Gasteiger partial charge in [0.25, 0.3) is 0 Å². The van der Waals surface area contributed by atoms with E-state index in [1.54, 1.807) is 0 Å². The van der Waals surface area contributed by atoms with Gasteiger partial charge in [0.2, 0.25) is 0 Å². The average molecular weight is 313 g/mol. The first-order valence-electron chi connectivity index (χ1n) is 6.46. The van der Waals surface area contributed by atoms with Crippen molar-refractivity contribution in [3.63, 3.8) is 0 Å². The number of ether oxygens (including phenoxy) is 1. The summed E-state index contributed by atoms with van der Waals surface area (Å²) in [7, 11) is 2.16. The van der Waals surface area contributed by atoms with Crippen molar-refractivity contribution in [2.24, 2.45) is 5.73 Å². The van der Waals surface area contributed by atoms with Gasteiger partial charge in [-0.1, -0.05) is 22.0 Å². The van der Waals surface area contributed by atoms with Crippen LogP contribution in [0.4, 0.5) is 0 Å². The summed E-state index contributed by atoms with van der Waals surface area (Å²) in [4.78, 5) is 2.34. The van der Waals surface area contributed by atoms with Gasteiger partial charge in [0.1, 0.15) is 11.9 Å². The van der Waals surface area contributed by atoms with E-state index in [1.807, 2.05) is 25.1 Å². The molecule has 1 aromatic carbocycles. The Hall–Kier alpha value is -0.580. The second-order valence-electron chi connectivity index (χ2n) is 5.09. The maximum atomic E-state index is 6.02. The van der Waals surface area contributed by atoms with E-state index >= 15 is 0 Å². The van der Waals surface area contributed by atoms with Gasteiger partial charge in [-0.3, -0.25) is 0 Å². The molecule has 3 nitrogen and oxygen atoms in total. The first-order valence-corrected chi connectivity index (χ1v) is 7.26. The van der Waals surface area contributed by atoms with Crippen molar-refractivity contribution in [1.82, 2.24) is 4.90 Å². The van der Waals surface area contributed by atoms with Crippen molar-refractivity contribution in [3.8, 4) is 5.75 Å². The summed E-state index contributed by atoms with van der Waals surface area (Å²) in [5.41, 5.74) is 7.00. The Morgan fingerprint density at radius 2 is 2.06 bits per heavy atom. The van der Waals surface area contributed by atoms with Gasteiger partial charge in [-0.2, -0.15) is 0 Å². The minimum atomic E-state index is 0.0387. The van der Waals surface area contributed by atoms with Crippen LogP contribution < -0.4 is 10.5 Å². The van der Waals surface area contributed by atoms with Crippen molar-refractivity contribution < 1.29 is 4.74 Å². The third-order valence-electron chi connectivity index (χ3n) is 3.43. The minimum absolute atomic E-state index is 0.0387. The molecule has 1 saturated heterocycles. The fraction of sp³-hybridized carbons (Fsp3) is 0.571. The molecule has 2 N–H and O–H groups in total. The lowest BCUT2D eigenvalue weighted by atomic mass is 10.1. The first-order chi connectivity index (χ1) is 8.56. The number of nitrogens with zero attached hydrogens (tertiary/aromatic N) is 1. The molecule has 1 heterocycles. The van der Waals surface area contributed by atoms with Crippen LogP contribution in [-0.4, -0.2) is 31.1 Å². The van der Waals surface area contributed by atoms with Crippen LogP contribution in [0.25, 0.3) is 0 Å². The van der Waals surface area contributed by atoms with Crippen molar-refractivity contribution in [2.45, 2.75) is 31.9 Å². The summed E-state index contributed by atoms with van der Waals surface area (Å²) in [6, 6.07) is 6.12. The zero-order valence-electron chi connectivity index (χ0n) is 11.0. The molecule has 1 aromatic rings. The van der Waals surface area contributed by atoms with Crippen LogP contribution in [0, 0.1) is 0 Å². The Kier molecular flexibility index (Phi) is 4.65. The predicted molar refractivity (Wildman–Crippen MR) is 77.9 cm³/mol. The molecule has 1 atom stereocenters. The zero-order chi connectivity index (χ0) is 13.1. The van der Waals surface area contributed by atoms with E-state index in [0.29, 0.717) is 6.10 Å². The molecule has 0 radical (unpaired) electrons. The standard InChI is InChI=1S/C14H21BrN2O/c1-10(16)13-4-3-12(9-14(13)15)18-11-5-7-17(2)8-6-11/h3-4,9-11H,5-8,16H2,1-2H3/t10-/m0/s1. The highest BCUT2D eigenvalue weighted by molar-refractivity contribution is 9.10. The van der Waals surface area contributed by atoms with Gasteiger partial charge in [0, 0.05) is 23.6 Å². The highest BCUT2D eigenvalue weighted by atomic mass is 79.9. The van der Waals surface area contributed by atoms with E-state index in [1.165, 1.54) is 0 Å². The maximum absolute atomic E-state index is 6.02. The summed E-state index contributed by atoms with van der Waals surface area (Å²) in [5, 5.41) is 0.